The molecule has 0 heterocycles. The summed E-state index contributed by atoms with van der Waals surface area (Å²) in [7, 11) is 0. The number of hydrogen-bond donors (Lipinski definition) is 2. The van der Waals surface area contributed by atoms with Crippen LogP contribution in [0.2, 0.25) is 0 Å². The molecular weight excluding hydrogens is 151 g/mol. The zero-order valence-electron chi connectivity index (χ0n) is 3.51. The summed E-state index contributed by atoms with van der Waals surface area (Å²) in [4.78, 5) is 9.67. The number of aliphatic hydroxyl groups is 1. The van der Waals surface area contributed by atoms with Crippen molar-refractivity contribution < 1.29 is 9.90 Å². The molecule has 0 aliphatic carbocycles. The monoisotopic (exact) mass is 161 g/mol. The van der Waals surface area contributed by atoms with Crippen LogP contribution in [0.5, 0.6) is 0 Å². The minimum atomic E-state index is -1.01. The fraction of sp³-hybridized carbons (Fsp3) is 0.667. The predicted octanol–water partition coefficient (Wildman–Crippen LogP) is -3.09. The number of amides is 1. The summed E-state index contributed by atoms with van der Waals surface area (Å²) < 4.78 is 0. The Balaban J connectivity index is -0.0000000417. The fourth-order valence-corrected chi connectivity index (χ4v) is 0. The number of carbonyl (C=O) groups excluding carboxylic acids is 1. The molecule has 0 aliphatic heterocycles. The van der Waals surface area contributed by atoms with E-state index in [1.54, 1.807) is 0 Å². The van der Waals surface area contributed by atoms with Crippen molar-refractivity contribution in [2.45, 2.75) is 13.0 Å². The number of rotatable bonds is 1. The van der Waals surface area contributed by atoms with Gasteiger partial charge in [-0.15, -0.1) is 0 Å². The molecule has 0 saturated carbocycles. The molecule has 6 heteroatoms. The van der Waals surface area contributed by atoms with Crippen LogP contribution in [-0.2, 0) is 4.79 Å². The van der Waals surface area contributed by atoms with Crippen LogP contribution in [0.15, 0.2) is 0 Å². The van der Waals surface area contributed by atoms with Crippen LogP contribution in [0.25, 0.3) is 0 Å². The van der Waals surface area contributed by atoms with Gasteiger partial charge in [-0.1, -0.05) is 0 Å². The van der Waals surface area contributed by atoms with E-state index in [-0.39, 0.29) is 88.7 Å². The van der Waals surface area contributed by atoms with Gasteiger partial charge in [0.1, 0.15) is 6.10 Å². The number of carbonyl (C=O) groups is 1. The van der Waals surface area contributed by atoms with E-state index in [1.807, 2.05) is 0 Å². The van der Waals surface area contributed by atoms with Gasteiger partial charge in [-0.05, 0) is 6.92 Å². The number of aliphatic hydroxyl groups excluding tert-OH is 1. The van der Waals surface area contributed by atoms with Crippen molar-refractivity contribution >= 4 is 94.6 Å². The molecular formula is C3H10NNa3O2. The van der Waals surface area contributed by atoms with Gasteiger partial charge in [0.2, 0.25) is 5.91 Å². The second kappa shape index (κ2) is 13.1. The molecule has 0 aromatic rings. The SMILES string of the molecule is CC(O)C(N)=O.[NaH].[NaH].[NaH]. The third-order valence-electron chi connectivity index (χ3n) is 0.412. The molecule has 1 atom stereocenters. The Hall–Kier alpha value is 2.43. The predicted molar refractivity (Wildman–Crippen MR) is 42.3 cm³/mol. The summed E-state index contributed by atoms with van der Waals surface area (Å²) in [6, 6.07) is 0. The van der Waals surface area contributed by atoms with E-state index in [9.17, 15) is 4.79 Å². The zero-order chi connectivity index (χ0) is 5.15. The van der Waals surface area contributed by atoms with Crippen molar-refractivity contribution in [3.8, 4) is 0 Å². The van der Waals surface area contributed by atoms with Gasteiger partial charge in [0.05, 0.1) is 0 Å². The second-order valence-electron chi connectivity index (χ2n) is 1.08. The first-order valence-electron chi connectivity index (χ1n) is 1.62. The quantitative estimate of drug-likeness (QED) is 0.400. The molecule has 0 rings (SSSR count). The summed E-state index contributed by atoms with van der Waals surface area (Å²) in [5.74, 6) is -0.685. The molecule has 1 amide bonds. The van der Waals surface area contributed by atoms with Crippen LogP contribution in [0, 0.1) is 0 Å². The molecule has 3 N–H and O–H groups in total. The van der Waals surface area contributed by atoms with E-state index < -0.39 is 12.0 Å². The maximum atomic E-state index is 9.67. The maximum absolute atomic E-state index is 9.67. The average Bonchev–Trinajstić information content (AvgIpc) is 1.36. The van der Waals surface area contributed by atoms with Crippen LogP contribution < -0.4 is 5.73 Å². The van der Waals surface area contributed by atoms with E-state index in [2.05, 4.69) is 5.73 Å². The van der Waals surface area contributed by atoms with Gasteiger partial charge < -0.3 is 10.8 Å². The minimum absolute atomic E-state index is 0. The van der Waals surface area contributed by atoms with Crippen molar-refractivity contribution in [1.29, 1.82) is 0 Å². The average molecular weight is 161 g/mol. The van der Waals surface area contributed by atoms with Gasteiger partial charge in [-0.3, -0.25) is 4.79 Å². The van der Waals surface area contributed by atoms with Crippen molar-refractivity contribution in [2.24, 2.45) is 5.73 Å². The summed E-state index contributed by atoms with van der Waals surface area (Å²) in [5, 5.41) is 8.16. The van der Waals surface area contributed by atoms with E-state index in [1.165, 1.54) is 6.92 Å². The summed E-state index contributed by atoms with van der Waals surface area (Å²) in [6.07, 6.45) is -1.01. The molecule has 0 aromatic heterocycles. The Morgan fingerprint density at radius 1 is 1.44 bits per heavy atom. The van der Waals surface area contributed by atoms with Gasteiger partial charge in [-0.25, -0.2) is 0 Å². The molecule has 1 unspecified atom stereocenters. The Morgan fingerprint density at radius 2 is 1.56 bits per heavy atom. The Labute approximate surface area is 121 Å². The van der Waals surface area contributed by atoms with E-state index in [0.29, 0.717) is 0 Å². The Bertz CT molecular complexity index is 68.1. The van der Waals surface area contributed by atoms with Crippen molar-refractivity contribution in [3.63, 3.8) is 0 Å². The molecule has 0 fully saturated rings. The normalized spacial score (nSPS) is 9.11. The van der Waals surface area contributed by atoms with Crippen molar-refractivity contribution in [1.82, 2.24) is 0 Å². The van der Waals surface area contributed by atoms with E-state index in [0.717, 1.165) is 0 Å². The summed E-state index contributed by atoms with van der Waals surface area (Å²) in [6.45, 7) is 1.32. The number of hydrogen-bond acceptors (Lipinski definition) is 2. The number of nitrogens with two attached hydrogens (primary N) is 1. The standard InChI is InChI=1S/C3H7NO2.3Na.3H/c1-2(5)3(4)6;;;;;;/h2,5H,1H3,(H2,4,6);;;;;;. The third-order valence-corrected chi connectivity index (χ3v) is 0.412. The first kappa shape index (κ1) is 22.5. The second-order valence-corrected chi connectivity index (χ2v) is 1.08. The fourth-order valence-electron chi connectivity index (χ4n) is 0. The molecule has 9 heavy (non-hydrogen) atoms. The van der Waals surface area contributed by atoms with Gasteiger partial charge >= 0.3 is 88.7 Å². The molecule has 42 valence electrons. The van der Waals surface area contributed by atoms with Gasteiger partial charge in [0.15, 0.2) is 0 Å². The topological polar surface area (TPSA) is 63.3 Å². The first-order chi connectivity index (χ1) is 2.64. The Kier molecular flexibility index (Phi) is 32.7. The van der Waals surface area contributed by atoms with Crippen molar-refractivity contribution in [2.75, 3.05) is 0 Å². The molecule has 0 aromatic carbocycles. The van der Waals surface area contributed by atoms with Crippen molar-refractivity contribution in [3.05, 3.63) is 0 Å². The first-order valence-corrected chi connectivity index (χ1v) is 1.62. The molecule has 0 spiro atoms. The molecule has 0 radical (unpaired) electrons. The van der Waals surface area contributed by atoms with Crippen LogP contribution in [0.4, 0.5) is 0 Å². The van der Waals surface area contributed by atoms with E-state index in [4.69, 9.17) is 5.11 Å². The Morgan fingerprint density at radius 3 is 1.56 bits per heavy atom. The molecule has 0 aliphatic rings. The van der Waals surface area contributed by atoms with Crippen LogP contribution in [0.1, 0.15) is 6.92 Å². The van der Waals surface area contributed by atoms with E-state index >= 15 is 0 Å². The number of primary amides is 1. The summed E-state index contributed by atoms with van der Waals surface area (Å²) >= 11 is 0. The van der Waals surface area contributed by atoms with Gasteiger partial charge in [0, 0.05) is 0 Å². The van der Waals surface area contributed by atoms with Crippen LogP contribution in [0.3, 0.4) is 0 Å². The van der Waals surface area contributed by atoms with Crippen LogP contribution >= 0.6 is 0 Å². The summed E-state index contributed by atoms with van der Waals surface area (Å²) in [5.41, 5.74) is 4.55. The molecule has 0 bridgehead atoms. The third kappa shape index (κ3) is 17.9. The molecule has 3 nitrogen and oxygen atoms in total. The molecule has 0 saturated heterocycles. The zero-order valence-corrected chi connectivity index (χ0v) is 3.51. The van der Waals surface area contributed by atoms with Gasteiger partial charge in [-0.2, -0.15) is 0 Å². The van der Waals surface area contributed by atoms with Gasteiger partial charge in [0.25, 0.3) is 0 Å². The van der Waals surface area contributed by atoms with Crippen LogP contribution in [-0.4, -0.2) is 106 Å².